The van der Waals surface area contributed by atoms with E-state index in [1.54, 1.807) is 0 Å². The number of nitriles is 1. The highest BCUT2D eigenvalue weighted by atomic mass is 16.5. The molecule has 16 heavy (non-hydrogen) atoms. The Morgan fingerprint density at radius 1 is 1.44 bits per heavy atom. The first kappa shape index (κ1) is 11.4. The number of carbonyl (C=O) groups is 1. The largest absolute Gasteiger partial charge is 0.376 e. The Morgan fingerprint density at radius 2 is 2.19 bits per heavy atom. The number of nitrogens with one attached hydrogen (secondary N) is 1. The van der Waals surface area contributed by atoms with E-state index in [0.717, 1.165) is 32.3 Å². The third-order valence-electron chi connectivity index (χ3n) is 3.62. The van der Waals surface area contributed by atoms with Crippen LogP contribution in [0.4, 0.5) is 0 Å². The molecular weight excluding hydrogens is 204 g/mol. The SMILES string of the molecule is N#CC1(C(=O)NCC2CCCO2)CCCC1. The van der Waals surface area contributed by atoms with Gasteiger partial charge in [-0.25, -0.2) is 0 Å². The molecule has 1 N–H and O–H groups in total. The third-order valence-corrected chi connectivity index (χ3v) is 3.62. The first-order valence-electron chi connectivity index (χ1n) is 6.08. The molecule has 0 aromatic carbocycles. The van der Waals surface area contributed by atoms with Gasteiger partial charge in [0.15, 0.2) is 0 Å². The van der Waals surface area contributed by atoms with E-state index in [4.69, 9.17) is 10.00 Å². The maximum absolute atomic E-state index is 12.0. The smallest absolute Gasteiger partial charge is 0.240 e. The Morgan fingerprint density at radius 3 is 2.75 bits per heavy atom. The summed E-state index contributed by atoms with van der Waals surface area (Å²) in [5.74, 6) is -0.0944. The Kier molecular flexibility index (Phi) is 3.45. The molecule has 1 saturated carbocycles. The Labute approximate surface area is 96.0 Å². The highest BCUT2D eigenvalue weighted by molar-refractivity contribution is 5.85. The zero-order valence-electron chi connectivity index (χ0n) is 9.50. The first-order chi connectivity index (χ1) is 7.77. The van der Waals surface area contributed by atoms with Crippen LogP contribution in [0.25, 0.3) is 0 Å². The van der Waals surface area contributed by atoms with Crippen LogP contribution in [-0.4, -0.2) is 25.2 Å². The van der Waals surface area contributed by atoms with Crippen LogP contribution in [0.3, 0.4) is 0 Å². The summed E-state index contributed by atoms with van der Waals surface area (Å²) in [6.45, 7) is 1.35. The van der Waals surface area contributed by atoms with Crippen LogP contribution in [-0.2, 0) is 9.53 Å². The zero-order chi connectivity index (χ0) is 11.4. The lowest BCUT2D eigenvalue weighted by molar-refractivity contribution is -0.128. The topological polar surface area (TPSA) is 62.1 Å². The Balaban J connectivity index is 1.84. The second kappa shape index (κ2) is 4.84. The molecule has 2 fully saturated rings. The third kappa shape index (κ3) is 2.19. The van der Waals surface area contributed by atoms with Crippen molar-refractivity contribution in [2.75, 3.05) is 13.2 Å². The number of rotatable bonds is 3. The summed E-state index contributed by atoms with van der Waals surface area (Å²) in [6.07, 6.45) is 5.63. The van der Waals surface area contributed by atoms with Crippen molar-refractivity contribution in [2.24, 2.45) is 5.41 Å². The lowest BCUT2D eigenvalue weighted by Crippen LogP contribution is -2.41. The van der Waals surface area contributed by atoms with Gasteiger partial charge in [-0.05, 0) is 25.7 Å². The normalized spacial score (nSPS) is 27.6. The molecule has 0 radical (unpaired) electrons. The van der Waals surface area contributed by atoms with Crippen LogP contribution in [0.15, 0.2) is 0 Å². The average molecular weight is 222 g/mol. The molecule has 0 aromatic heterocycles. The van der Waals surface area contributed by atoms with Gasteiger partial charge in [0.2, 0.25) is 5.91 Å². The quantitative estimate of drug-likeness (QED) is 0.784. The van der Waals surface area contributed by atoms with Gasteiger partial charge in [-0.15, -0.1) is 0 Å². The monoisotopic (exact) mass is 222 g/mol. The van der Waals surface area contributed by atoms with Crippen molar-refractivity contribution in [2.45, 2.75) is 44.6 Å². The molecule has 1 unspecified atom stereocenters. The molecule has 0 aromatic rings. The minimum absolute atomic E-state index is 0.0944. The minimum atomic E-state index is -0.751. The molecule has 1 heterocycles. The number of hydrogen-bond donors (Lipinski definition) is 1. The van der Waals surface area contributed by atoms with Gasteiger partial charge in [0, 0.05) is 13.2 Å². The summed E-state index contributed by atoms with van der Waals surface area (Å²) in [4.78, 5) is 12.0. The first-order valence-corrected chi connectivity index (χ1v) is 6.08. The fraction of sp³-hybridized carbons (Fsp3) is 0.833. The molecule has 88 valence electrons. The second-order valence-electron chi connectivity index (χ2n) is 4.75. The molecule has 1 amide bonds. The molecular formula is C12H18N2O2. The molecule has 1 aliphatic heterocycles. The molecule has 1 atom stereocenters. The Bertz CT molecular complexity index is 297. The van der Waals surface area contributed by atoms with Gasteiger partial charge in [0.25, 0.3) is 0 Å². The Hall–Kier alpha value is -1.08. The summed E-state index contributed by atoms with van der Waals surface area (Å²) in [7, 11) is 0. The number of ether oxygens (including phenoxy) is 1. The van der Waals surface area contributed by atoms with Crippen molar-refractivity contribution in [1.29, 1.82) is 5.26 Å². The average Bonchev–Trinajstić information content (AvgIpc) is 2.97. The molecule has 4 heteroatoms. The van der Waals surface area contributed by atoms with Crippen molar-refractivity contribution >= 4 is 5.91 Å². The molecule has 4 nitrogen and oxygen atoms in total. The number of carbonyl (C=O) groups excluding carboxylic acids is 1. The minimum Gasteiger partial charge on any atom is -0.376 e. The van der Waals surface area contributed by atoms with Crippen molar-refractivity contribution < 1.29 is 9.53 Å². The fourth-order valence-electron chi connectivity index (χ4n) is 2.55. The number of nitrogens with zero attached hydrogens (tertiary/aromatic N) is 1. The van der Waals surface area contributed by atoms with E-state index in [9.17, 15) is 4.79 Å². The van der Waals surface area contributed by atoms with E-state index in [1.807, 2.05) is 0 Å². The van der Waals surface area contributed by atoms with Gasteiger partial charge in [-0.1, -0.05) is 12.8 Å². The van der Waals surface area contributed by atoms with E-state index in [0.29, 0.717) is 19.4 Å². The van der Waals surface area contributed by atoms with Crippen LogP contribution < -0.4 is 5.32 Å². The van der Waals surface area contributed by atoms with E-state index < -0.39 is 5.41 Å². The van der Waals surface area contributed by atoms with E-state index >= 15 is 0 Å². The molecule has 0 bridgehead atoms. The zero-order valence-corrected chi connectivity index (χ0v) is 9.50. The fourth-order valence-corrected chi connectivity index (χ4v) is 2.55. The van der Waals surface area contributed by atoms with Gasteiger partial charge in [0.1, 0.15) is 5.41 Å². The molecule has 1 aliphatic carbocycles. The summed E-state index contributed by atoms with van der Waals surface area (Å²) < 4.78 is 5.43. The van der Waals surface area contributed by atoms with Gasteiger partial charge >= 0.3 is 0 Å². The number of amides is 1. The van der Waals surface area contributed by atoms with E-state index in [-0.39, 0.29) is 12.0 Å². The number of hydrogen-bond acceptors (Lipinski definition) is 3. The summed E-state index contributed by atoms with van der Waals surface area (Å²) in [5, 5.41) is 12.0. The van der Waals surface area contributed by atoms with Gasteiger partial charge in [-0.3, -0.25) is 4.79 Å². The molecule has 2 rings (SSSR count). The van der Waals surface area contributed by atoms with Crippen LogP contribution in [0.1, 0.15) is 38.5 Å². The van der Waals surface area contributed by atoms with Crippen LogP contribution in [0, 0.1) is 16.7 Å². The van der Waals surface area contributed by atoms with Crippen LogP contribution in [0.2, 0.25) is 0 Å². The lowest BCUT2D eigenvalue weighted by Gasteiger charge is -2.20. The van der Waals surface area contributed by atoms with E-state index in [2.05, 4.69) is 11.4 Å². The van der Waals surface area contributed by atoms with Gasteiger partial charge in [-0.2, -0.15) is 5.26 Å². The predicted molar refractivity (Wildman–Crippen MR) is 58.5 cm³/mol. The van der Waals surface area contributed by atoms with Crippen LogP contribution >= 0.6 is 0 Å². The highest BCUT2D eigenvalue weighted by Crippen LogP contribution is 2.37. The predicted octanol–water partition coefficient (Wildman–Crippen LogP) is 1.37. The van der Waals surface area contributed by atoms with E-state index in [1.165, 1.54) is 0 Å². The lowest BCUT2D eigenvalue weighted by atomic mass is 9.87. The molecule has 0 spiro atoms. The summed E-state index contributed by atoms with van der Waals surface area (Å²) in [6, 6.07) is 2.20. The van der Waals surface area contributed by atoms with Crippen LogP contribution in [0.5, 0.6) is 0 Å². The summed E-state index contributed by atoms with van der Waals surface area (Å²) >= 11 is 0. The maximum Gasteiger partial charge on any atom is 0.240 e. The molecule has 1 saturated heterocycles. The second-order valence-corrected chi connectivity index (χ2v) is 4.75. The van der Waals surface area contributed by atoms with Crippen molar-refractivity contribution in [3.8, 4) is 6.07 Å². The maximum atomic E-state index is 12.0. The van der Waals surface area contributed by atoms with Gasteiger partial charge < -0.3 is 10.1 Å². The van der Waals surface area contributed by atoms with Crippen molar-refractivity contribution in [1.82, 2.24) is 5.32 Å². The summed E-state index contributed by atoms with van der Waals surface area (Å²) in [5.41, 5.74) is -0.751. The standard InChI is InChI=1S/C12H18N2O2/c13-9-12(5-1-2-6-12)11(15)14-8-10-4-3-7-16-10/h10H,1-8H2,(H,14,15). The van der Waals surface area contributed by atoms with Crippen molar-refractivity contribution in [3.63, 3.8) is 0 Å². The van der Waals surface area contributed by atoms with Crippen molar-refractivity contribution in [3.05, 3.63) is 0 Å². The van der Waals surface area contributed by atoms with Gasteiger partial charge in [0.05, 0.1) is 12.2 Å². The molecule has 2 aliphatic rings. The highest BCUT2D eigenvalue weighted by Gasteiger charge is 2.41.